The third-order valence-corrected chi connectivity index (χ3v) is 7.89. The molecule has 10 heteroatoms. The fourth-order valence-corrected chi connectivity index (χ4v) is 5.40. The first-order chi connectivity index (χ1) is 18.1. The van der Waals surface area contributed by atoms with Gasteiger partial charge in [-0.25, -0.2) is 0 Å². The second-order valence-corrected chi connectivity index (χ2v) is 11.2. The van der Waals surface area contributed by atoms with E-state index in [-0.39, 0.29) is 24.8 Å². The monoisotopic (exact) mass is 665 g/mol. The fraction of sp³-hybridized carbons (Fsp3) is 0.250. The molecular formula is C28H26Cl2IN3O4. The highest BCUT2D eigenvalue weighted by Crippen LogP contribution is 2.41. The van der Waals surface area contributed by atoms with Crippen molar-refractivity contribution in [3.63, 3.8) is 0 Å². The summed E-state index contributed by atoms with van der Waals surface area (Å²) in [6, 6.07) is 16.0. The van der Waals surface area contributed by atoms with Crippen LogP contribution in [0.5, 0.6) is 0 Å². The van der Waals surface area contributed by atoms with Gasteiger partial charge in [-0.3, -0.25) is 14.4 Å². The molecule has 2 amide bonds. The number of hydrogen-bond donors (Lipinski definition) is 2. The molecule has 0 saturated heterocycles. The van der Waals surface area contributed by atoms with Crippen LogP contribution in [0.25, 0.3) is 0 Å². The van der Waals surface area contributed by atoms with Crippen molar-refractivity contribution >= 4 is 75.0 Å². The quantitative estimate of drug-likeness (QED) is 0.158. The lowest BCUT2D eigenvalue weighted by Crippen LogP contribution is -2.44. The number of nitrogens with two attached hydrogens (primary N) is 1. The van der Waals surface area contributed by atoms with E-state index in [1.165, 1.54) is 0 Å². The van der Waals surface area contributed by atoms with Crippen LogP contribution in [0.1, 0.15) is 59.8 Å². The van der Waals surface area contributed by atoms with Crippen LogP contribution < -0.4 is 10.6 Å². The summed E-state index contributed by atoms with van der Waals surface area (Å²) in [6.07, 6.45) is 0.874. The van der Waals surface area contributed by atoms with Crippen LogP contribution >= 0.6 is 45.8 Å². The van der Waals surface area contributed by atoms with Gasteiger partial charge in [0, 0.05) is 21.6 Å². The zero-order valence-electron chi connectivity index (χ0n) is 20.5. The smallest absolute Gasteiger partial charge is 0.303 e. The van der Waals surface area contributed by atoms with Gasteiger partial charge in [-0.05, 0) is 95.9 Å². The first-order valence-corrected chi connectivity index (χ1v) is 13.9. The predicted molar refractivity (Wildman–Crippen MR) is 158 cm³/mol. The van der Waals surface area contributed by atoms with E-state index in [1.807, 2.05) is 13.0 Å². The van der Waals surface area contributed by atoms with Crippen LogP contribution in [0.3, 0.4) is 0 Å². The molecule has 2 atom stereocenters. The van der Waals surface area contributed by atoms with Crippen molar-refractivity contribution in [2.45, 2.75) is 38.3 Å². The molecule has 2 unspecified atom stereocenters. The molecule has 0 saturated carbocycles. The Kier molecular flexibility index (Phi) is 8.85. The molecule has 3 aromatic carbocycles. The molecule has 1 aliphatic heterocycles. The Balaban J connectivity index is 1.87. The summed E-state index contributed by atoms with van der Waals surface area (Å²) in [6.45, 7) is 2.13. The first-order valence-electron chi connectivity index (χ1n) is 12.0. The number of benzene rings is 3. The number of halogens is 3. The third-order valence-electron chi connectivity index (χ3n) is 6.62. The second-order valence-electron chi connectivity index (χ2n) is 9.13. The minimum absolute atomic E-state index is 0.00225. The number of aliphatic carboxylic acids is 1. The van der Waals surface area contributed by atoms with E-state index < -0.39 is 18.1 Å². The summed E-state index contributed by atoms with van der Waals surface area (Å²) in [7, 11) is 0. The highest BCUT2D eigenvalue weighted by atomic mass is 127. The Morgan fingerprint density at radius 1 is 1.05 bits per heavy atom. The van der Waals surface area contributed by atoms with Crippen LogP contribution in [-0.4, -0.2) is 34.3 Å². The van der Waals surface area contributed by atoms with Gasteiger partial charge in [0.15, 0.2) is 0 Å². The molecule has 0 radical (unpaired) electrons. The summed E-state index contributed by atoms with van der Waals surface area (Å²) < 4.78 is 0.848. The molecule has 3 N–H and O–H groups in total. The van der Waals surface area contributed by atoms with Crippen molar-refractivity contribution in [1.29, 1.82) is 0 Å². The number of amides is 2. The van der Waals surface area contributed by atoms with Crippen LogP contribution in [0.4, 0.5) is 11.4 Å². The third kappa shape index (κ3) is 5.92. The van der Waals surface area contributed by atoms with Crippen molar-refractivity contribution < 1.29 is 19.5 Å². The molecule has 4 rings (SSSR count). The topological polar surface area (TPSA) is 104 Å². The molecule has 0 aromatic heterocycles. The van der Waals surface area contributed by atoms with Gasteiger partial charge in [0.05, 0.1) is 28.0 Å². The van der Waals surface area contributed by atoms with E-state index in [1.54, 1.807) is 64.4 Å². The summed E-state index contributed by atoms with van der Waals surface area (Å²) in [5.74, 6) is -1.48. The Morgan fingerprint density at radius 2 is 1.76 bits per heavy atom. The summed E-state index contributed by atoms with van der Waals surface area (Å²) in [4.78, 5) is 42.9. The first kappa shape index (κ1) is 28.2. The van der Waals surface area contributed by atoms with Gasteiger partial charge >= 0.3 is 5.97 Å². The number of nitrogen functional groups attached to an aromatic ring is 1. The van der Waals surface area contributed by atoms with Crippen molar-refractivity contribution in [2.24, 2.45) is 0 Å². The number of carbonyl (C=O) groups is 3. The number of nitrogens with zero attached hydrogens (tertiary/aromatic N) is 2. The molecule has 0 bridgehead atoms. The lowest BCUT2D eigenvalue weighted by atomic mass is 9.98. The van der Waals surface area contributed by atoms with Crippen LogP contribution in [0.15, 0.2) is 60.7 Å². The predicted octanol–water partition coefficient (Wildman–Crippen LogP) is 6.73. The molecule has 1 aliphatic rings. The number of carboxylic acids is 1. The number of hydrogen-bond acceptors (Lipinski definition) is 4. The highest BCUT2D eigenvalue weighted by molar-refractivity contribution is 14.1. The van der Waals surface area contributed by atoms with E-state index in [9.17, 15) is 14.4 Å². The zero-order chi connectivity index (χ0) is 27.6. The van der Waals surface area contributed by atoms with Gasteiger partial charge < -0.3 is 20.6 Å². The normalized spacial score (nSPS) is 16.3. The number of rotatable bonds is 8. The van der Waals surface area contributed by atoms with Gasteiger partial charge in [0.2, 0.25) is 0 Å². The fourth-order valence-electron chi connectivity index (χ4n) is 4.66. The van der Waals surface area contributed by atoms with E-state index >= 15 is 0 Å². The van der Waals surface area contributed by atoms with Gasteiger partial charge in [0.1, 0.15) is 6.04 Å². The molecule has 3 aromatic rings. The molecule has 1 heterocycles. The Bertz CT molecular complexity index is 1380. The van der Waals surface area contributed by atoms with Gasteiger partial charge in [-0.1, -0.05) is 41.4 Å². The van der Waals surface area contributed by atoms with Gasteiger partial charge in [-0.2, -0.15) is 0 Å². The number of unbranched alkanes of at least 4 members (excludes halogenated alkanes) is 1. The lowest BCUT2D eigenvalue weighted by Gasteiger charge is -2.36. The Morgan fingerprint density at radius 3 is 2.42 bits per heavy atom. The minimum atomic E-state index is -0.962. The van der Waals surface area contributed by atoms with E-state index in [2.05, 4.69) is 22.6 Å². The average molecular weight is 666 g/mol. The van der Waals surface area contributed by atoms with E-state index in [0.717, 1.165) is 9.13 Å². The minimum Gasteiger partial charge on any atom is -0.481 e. The van der Waals surface area contributed by atoms with Crippen molar-refractivity contribution in [2.75, 3.05) is 17.2 Å². The summed E-state index contributed by atoms with van der Waals surface area (Å²) in [5.41, 5.74) is 8.70. The van der Waals surface area contributed by atoms with Crippen molar-refractivity contribution in [1.82, 2.24) is 4.90 Å². The zero-order valence-corrected chi connectivity index (χ0v) is 24.2. The molecule has 0 fully saturated rings. The number of fused-ring (bicyclic) bond motifs is 1. The largest absolute Gasteiger partial charge is 0.481 e. The maximum absolute atomic E-state index is 14.4. The molecule has 198 valence electrons. The van der Waals surface area contributed by atoms with E-state index in [4.69, 9.17) is 34.0 Å². The molecular weight excluding hydrogens is 640 g/mol. The van der Waals surface area contributed by atoms with E-state index in [0.29, 0.717) is 45.4 Å². The lowest BCUT2D eigenvalue weighted by molar-refractivity contribution is -0.137. The average Bonchev–Trinajstić information content (AvgIpc) is 2.96. The number of carboxylic acid groups (broad SMARTS) is 1. The van der Waals surface area contributed by atoms with Crippen molar-refractivity contribution in [3.8, 4) is 0 Å². The Hall–Kier alpha value is -2.82. The maximum Gasteiger partial charge on any atom is 0.303 e. The number of anilines is 2. The second kappa shape index (κ2) is 11.9. The van der Waals surface area contributed by atoms with Crippen molar-refractivity contribution in [3.05, 3.63) is 91.0 Å². The Labute approximate surface area is 244 Å². The molecule has 38 heavy (non-hydrogen) atoms. The SMILES string of the molecule is CC(c1ccc(Cl)c(N)c1)N1C(=O)c2cc(I)ccc2N(CCCCC(=O)O)C(=O)C1c1ccc(Cl)cc1. The van der Waals surface area contributed by atoms with Gasteiger partial charge in [-0.15, -0.1) is 0 Å². The van der Waals surface area contributed by atoms with Gasteiger partial charge in [0.25, 0.3) is 11.8 Å². The van der Waals surface area contributed by atoms with Crippen LogP contribution in [-0.2, 0) is 9.59 Å². The number of carbonyl (C=O) groups excluding carboxylic acids is 2. The summed E-state index contributed by atoms with van der Waals surface area (Å²) in [5, 5.41) is 9.98. The highest BCUT2D eigenvalue weighted by Gasteiger charge is 2.43. The summed E-state index contributed by atoms with van der Waals surface area (Å²) >= 11 is 14.5. The molecule has 0 spiro atoms. The van der Waals surface area contributed by atoms with Crippen LogP contribution in [0, 0.1) is 3.57 Å². The molecule has 7 nitrogen and oxygen atoms in total. The standard InChI is InChI=1S/C28H26Cl2IN3O4/c1-16(18-7-11-22(30)23(32)14-18)34-26(17-5-8-19(29)9-6-17)28(38)33(13-3-2-4-25(35)36)24-12-10-20(31)15-21(24)27(34)37/h5-12,14-16,26H,2-4,13,32H2,1H3,(H,35,36). The van der Waals surface area contributed by atoms with Crippen LogP contribution in [0.2, 0.25) is 10.0 Å². The maximum atomic E-state index is 14.4. The molecule has 0 aliphatic carbocycles.